The quantitative estimate of drug-likeness (QED) is 0.319. The molecular formula is C16H21N5O6. The molecular weight excluding hydrogens is 358 g/mol. The smallest absolute Gasteiger partial charge is 0.330 e. The Morgan fingerprint density at radius 2 is 2.19 bits per heavy atom. The molecule has 1 saturated heterocycles. The van der Waals surface area contributed by atoms with Gasteiger partial charge < -0.3 is 40.8 Å². The molecule has 146 valence electrons. The van der Waals surface area contributed by atoms with Crippen molar-refractivity contribution < 1.29 is 29.6 Å². The van der Waals surface area contributed by atoms with Crippen molar-refractivity contribution in [1.82, 2.24) is 14.5 Å². The van der Waals surface area contributed by atoms with E-state index in [1.54, 1.807) is 0 Å². The van der Waals surface area contributed by atoms with E-state index in [-0.39, 0.29) is 17.4 Å². The molecule has 4 atom stereocenters. The summed E-state index contributed by atoms with van der Waals surface area (Å²) in [5.41, 5.74) is 10.6. The largest absolute Gasteiger partial charge is 0.466 e. The van der Waals surface area contributed by atoms with Gasteiger partial charge in [-0.3, -0.25) is 0 Å². The summed E-state index contributed by atoms with van der Waals surface area (Å²) in [5.74, 6) is -0.608. The second-order valence-electron chi connectivity index (χ2n) is 6.39. The molecule has 0 bridgehead atoms. The average Bonchev–Trinajstić information content (AvgIpc) is 3.08. The van der Waals surface area contributed by atoms with Gasteiger partial charge in [0, 0.05) is 17.8 Å². The van der Waals surface area contributed by atoms with E-state index in [9.17, 15) is 20.1 Å². The number of hydrogen-bond acceptors (Lipinski definition) is 10. The number of ether oxygens (including phenoxy) is 2. The van der Waals surface area contributed by atoms with Crippen molar-refractivity contribution in [3.8, 4) is 0 Å². The Bertz CT molecular complexity index is 908. The van der Waals surface area contributed by atoms with Crippen LogP contribution in [0.5, 0.6) is 0 Å². The van der Waals surface area contributed by atoms with Gasteiger partial charge in [-0.15, -0.1) is 0 Å². The molecule has 0 spiro atoms. The van der Waals surface area contributed by atoms with Gasteiger partial charge in [0.15, 0.2) is 11.9 Å². The van der Waals surface area contributed by atoms with Gasteiger partial charge in [-0.1, -0.05) is 0 Å². The molecule has 3 rings (SSSR count). The molecule has 11 nitrogen and oxygen atoms in total. The van der Waals surface area contributed by atoms with Crippen molar-refractivity contribution in [1.29, 1.82) is 0 Å². The first kappa shape index (κ1) is 19.0. The van der Waals surface area contributed by atoms with E-state index in [0.29, 0.717) is 10.9 Å². The zero-order chi connectivity index (χ0) is 19.9. The minimum absolute atomic E-state index is 0.0673. The van der Waals surface area contributed by atoms with Gasteiger partial charge in [-0.05, 0) is 13.0 Å². The van der Waals surface area contributed by atoms with Crippen LogP contribution in [0.3, 0.4) is 0 Å². The van der Waals surface area contributed by atoms with Gasteiger partial charge in [0.2, 0.25) is 5.95 Å². The fourth-order valence-electron chi connectivity index (χ4n) is 3.14. The second kappa shape index (κ2) is 6.78. The highest BCUT2D eigenvalue weighted by atomic mass is 16.6. The number of fused-ring (bicyclic) bond motifs is 1. The Kier molecular flexibility index (Phi) is 4.78. The van der Waals surface area contributed by atoms with E-state index in [2.05, 4.69) is 14.7 Å². The van der Waals surface area contributed by atoms with E-state index >= 15 is 0 Å². The highest BCUT2D eigenvalue weighted by Gasteiger charge is 2.53. The van der Waals surface area contributed by atoms with Crippen molar-refractivity contribution in [2.75, 3.05) is 25.2 Å². The van der Waals surface area contributed by atoms with Crippen molar-refractivity contribution >= 4 is 34.8 Å². The Labute approximate surface area is 153 Å². The third kappa shape index (κ3) is 3.10. The number of hydrogen-bond donors (Lipinski definition) is 5. The summed E-state index contributed by atoms with van der Waals surface area (Å²) in [6.45, 7) is 0.892. The Hall–Kier alpha value is -2.73. The first-order valence-corrected chi connectivity index (χ1v) is 8.07. The molecule has 27 heavy (non-hydrogen) atoms. The van der Waals surface area contributed by atoms with Crippen LogP contribution in [0, 0.1) is 0 Å². The molecule has 0 saturated carbocycles. The molecule has 7 N–H and O–H groups in total. The zero-order valence-corrected chi connectivity index (χ0v) is 14.7. The lowest BCUT2D eigenvalue weighted by molar-refractivity contribution is -0.134. The zero-order valence-electron chi connectivity index (χ0n) is 14.7. The molecule has 0 radical (unpaired) electrons. The lowest BCUT2D eigenvalue weighted by Crippen LogP contribution is -2.44. The van der Waals surface area contributed by atoms with Crippen LogP contribution in [0.4, 0.5) is 11.8 Å². The molecule has 11 heteroatoms. The minimum atomic E-state index is -1.74. The first-order chi connectivity index (χ1) is 12.7. The van der Waals surface area contributed by atoms with Crippen molar-refractivity contribution in [3.05, 3.63) is 17.8 Å². The maximum Gasteiger partial charge on any atom is 0.330 e. The maximum absolute atomic E-state index is 11.4. The number of methoxy groups -OCH3 is 1. The summed E-state index contributed by atoms with van der Waals surface area (Å²) >= 11 is 0. The number of aromatic nitrogens is 3. The number of anilines is 2. The van der Waals surface area contributed by atoms with Crippen molar-refractivity contribution in [2.45, 2.75) is 31.0 Å². The highest BCUT2D eigenvalue weighted by Crippen LogP contribution is 2.41. The molecule has 0 aliphatic carbocycles. The summed E-state index contributed by atoms with van der Waals surface area (Å²) < 4.78 is 11.6. The number of carbonyl (C=O) groups is 1. The monoisotopic (exact) mass is 379 g/mol. The number of carbonyl (C=O) groups excluding carboxylic acids is 1. The minimum Gasteiger partial charge on any atom is -0.466 e. The first-order valence-electron chi connectivity index (χ1n) is 8.07. The van der Waals surface area contributed by atoms with Crippen LogP contribution in [0.15, 0.2) is 12.3 Å². The predicted molar refractivity (Wildman–Crippen MR) is 95.0 cm³/mol. The average molecular weight is 379 g/mol. The van der Waals surface area contributed by atoms with Crippen molar-refractivity contribution in [2.24, 2.45) is 0 Å². The van der Waals surface area contributed by atoms with Gasteiger partial charge >= 0.3 is 5.97 Å². The molecule has 1 aliphatic rings. The Balaban J connectivity index is 2.19. The van der Waals surface area contributed by atoms with Crippen LogP contribution in [0.1, 0.15) is 18.7 Å². The lowest BCUT2D eigenvalue weighted by atomic mass is 9.96. The highest BCUT2D eigenvalue weighted by molar-refractivity contribution is 5.98. The number of esters is 1. The third-order valence-electron chi connectivity index (χ3n) is 4.53. The van der Waals surface area contributed by atoms with Crippen LogP contribution in [-0.4, -0.2) is 67.3 Å². The number of nitrogens with zero attached hydrogens (tertiary/aromatic N) is 3. The van der Waals surface area contributed by atoms with E-state index < -0.39 is 36.6 Å². The third-order valence-corrected chi connectivity index (χ3v) is 4.53. The van der Waals surface area contributed by atoms with Crippen LogP contribution in [-0.2, 0) is 14.3 Å². The molecule has 1 aliphatic heterocycles. The lowest BCUT2D eigenvalue weighted by Gasteiger charge is -2.27. The van der Waals surface area contributed by atoms with Gasteiger partial charge in [-0.25, -0.2) is 4.79 Å². The summed E-state index contributed by atoms with van der Waals surface area (Å²) in [5, 5.41) is 30.7. The number of aliphatic hydroxyl groups is 3. The number of rotatable bonds is 4. The van der Waals surface area contributed by atoms with E-state index in [1.807, 2.05) is 0 Å². The van der Waals surface area contributed by atoms with Crippen LogP contribution in [0.2, 0.25) is 0 Å². The SMILES string of the molecule is COC(=O)/C=C/c1cn(C2O[C@H](CO)[C@@H](O)[C@@]2(C)O)c2nc(N)nc(N)c12. The van der Waals surface area contributed by atoms with E-state index in [4.69, 9.17) is 16.2 Å². The van der Waals surface area contributed by atoms with Crippen LogP contribution in [0.25, 0.3) is 17.1 Å². The standard InChI is InChI=1S/C16H21N5O6/c1-16(25)11(24)8(6-22)27-14(16)21-5-7(3-4-9(23)26-2)10-12(17)19-15(18)20-13(10)21/h3-5,8,11,14,22,24-25H,6H2,1-2H3,(H4,17,18,19,20)/b4-3+/t8-,11-,14?,16-/m1/s1. The van der Waals surface area contributed by atoms with Gasteiger partial charge in [0.25, 0.3) is 0 Å². The summed E-state index contributed by atoms with van der Waals surface area (Å²) in [4.78, 5) is 19.5. The number of nitrogen functional groups attached to an aromatic ring is 2. The van der Waals surface area contributed by atoms with Gasteiger partial charge in [0.1, 0.15) is 23.6 Å². The molecule has 1 unspecified atom stereocenters. The Morgan fingerprint density at radius 3 is 2.78 bits per heavy atom. The van der Waals surface area contributed by atoms with Crippen LogP contribution < -0.4 is 11.5 Å². The van der Waals surface area contributed by atoms with Gasteiger partial charge in [-0.2, -0.15) is 9.97 Å². The number of nitrogens with two attached hydrogens (primary N) is 2. The summed E-state index contributed by atoms with van der Waals surface area (Å²) in [6.07, 6.45) is 0.739. The molecule has 2 aromatic rings. The molecule has 2 aromatic heterocycles. The fraction of sp³-hybridized carbons (Fsp3) is 0.438. The van der Waals surface area contributed by atoms with Crippen molar-refractivity contribution in [3.63, 3.8) is 0 Å². The predicted octanol–water partition coefficient (Wildman–Crippen LogP) is -1.22. The second-order valence-corrected chi connectivity index (χ2v) is 6.39. The maximum atomic E-state index is 11.4. The van der Waals surface area contributed by atoms with E-state index in [1.165, 1.54) is 36.9 Å². The number of aliphatic hydroxyl groups excluding tert-OH is 2. The topological polar surface area (TPSA) is 179 Å². The summed E-state index contributed by atoms with van der Waals surface area (Å²) in [7, 11) is 1.24. The molecule has 0 aromatic carbocycles. The molecule has 3 heterocycles. The van der Waals surface area contributed by atoms with E-state index in [0.717, 1.165) is 0 Å². The van der Waals surface area contributed by atoms with Crippen LogP contribution >= 0.6 is 0 Å². The normalized spacial score (nSPS) is 28.3. The fourth-order valence-corrected chi connectivity index (χ4v) is 3.14. The molecule has 1 fully saturated rings. The summed E-state index contributed by atoms with van der Waals surface area (Å²) in [6, 6.07) is 0. The Morgan fingerprint density at radius 1 is 1.48 bits per heavy atom. The van der Waals surface area contributed by atoms with Gasteiger partial charge in [0.05, 0.1) is 19.1 Å². The molecule has 0 amide bonds.